The molecule has 0 fully saturated rings. The Morgan fingerprint density at radius 2 is 2.20 bits per heavy atom. The quantitative estimate of drug-likeness (QED) is 0.758. The second kappa shape index (κ2) is 8.20. The summed E-state index contributed by atoms with van der Waals surface area (Å²) in [5.41, 5.74) is 6.59. The van der Waals surface area contributed by atoms with Gasteiger partial charge in [0.25, 0.3) is 5.91 Å². The third-order valence-corrected chi connectivity index (χ3v) is 2.63. The highest BCUT2D eigenvalue weighted by atomic mass is 16.5. The van der Waals surface area contributed by atoms with Gasteiger partial charge < -0.3 is 20.7 Å². The van der Waals surface area contributed by atoms with Gasteiger partial charge in [0.05, 0.1) is 19.2 Å². The summed E-state index contributed by atoms with van der Waals surface area (Å²) in [7, 11) is 5.49. The van der Waals surface area contributed by atoms with Gasteiger partial charge in [-0.05, 0) is 32.3 Å². The lowest BCUT2D eigenvalue weighted by atomic mass is 10.1. The summed E-state index contributed by atoms with van der Waals surface area (Å²) in [4.78, 5) is 14.0. The summed E-state index contributed by atoms with van der Waals surface area (Å²) in [6.45, 7) is 1.66. The van der Waals surface area contributed by atoms with Crippen LogP contribution < -0.4 is 15.8 Å². The standard InChI is InChI=1S/C15H21N3O2/c1-18(2)10-9-17-15(19)13-6-7-14(20-3)12(11-13)5-4-8-16/h6-7,11H,8-10,16H2,1-3H3,(H,17,19). The minimum absolute atomic E-state index is 0.120. The predicted octanol–water partition coefficient (Wildman–Crippen LogP) is 0.297. The molecule has 3 N–H and O–H groups in total. The summed E-state index contributed by atoms with van der Waals surface area (Å²) in [6.07, 6.45) is 0. The van der Waals surface area contributed by atoms with Gasteiger partial charge in [-0.15, -0.1) is 0 Å². The first kappa shape index (κ1) is 16.0. The molecule has 0 unspecified atom stereocenters. The van der Waals surface area contributed by atoms with Gasteiger partial charge in [-0.3, -0.25) is 4.79 Å². The van der Waals surface area contributed by atoms with Crippen LogP contribution in [0.15, 0.2) is 18.2 Å². The van der Waals surface area contributed by atoms with Crippen LogP contribution in [-0.2, 0) is 0 Å². The SMILES string of the molecule is COc1ccc(C(=O)NCCN(C)C)cc1C#CCN. The van der Waals surface area contributed by atoms with Crippen molar-refractivity contribution in [2.24, 2.45) is 5.73 Å². The van der Waals surface area contributed by atoms with Crippen LogP contribution in [0.4, 0.5) is 0 Å². The molecule has 1 amide bonds. The topological polar surface area (TPSA) is 67.6 Å². The molecule has 1 aromatic carbocycles. The van der Waals surface area contributed by atoms with Crippen LogP contribution in [-0.4, -0.2) is 51.6 Å². The molecule has 0 aromatic heterocycles. The fraction of sp³-hybridized carbons (Fsp3) is 0.400. The Morgan fingerprint density at radius 1 is 1.45 bits per heavy atom. The molecular weight excluding hydrogens is 254 g/mol. The highest BCUT2D eigenvalue weighted by Crippen LogP contribution is 2.18. The van der Waals surface area contributed by atoms with Gasteiger partial charge in [0.1, 0.15) is 5.75 Å². The Labute approximate surface area is 120 Å². The second-order valence-corrected chi connectivity index (χ2v) is 4.48. The monoisotopic (exact) mass is 275 g/mol. The van der Waals surface area contributed by atoms with E-state index in [0.717, 1.165) is 6.54 Å². The van der Waals surface area contributed by atoms with Crippen LogP contribution in [0.25, 0.3) is 0 Å². The number of nitrogens with zero attached hydrogens (tertiary/aromatic N) is 1. The molecule has 5 nitrogen and oxygen atoms in total. The molecule has 5 heteroatoms. The smallest absolute Gasteiger partial charge is 0.251 e. The molecular formula is C15H21N3O2. The van der Waals surface area contributed by atoms with Crippen molar-refractivity contribution in [1.82, 2.24) is 10.2 Å². The fourth-order valence-electron chi connectivity index (χ4n) is 1.59. The number of benzene rings is 1. The molecule has 0 heterocycles. The van der Waals surface area contributed by atoms with Crippen LogP contribution >= 0.6 is 0 Å². The molecule has 0 aliphatic carbocycles. The van der Waals surface area contributed by atoms with Gasteiger partial charge in [0.2, 0.25) is 0 Å². The van der Waals surface area contributed by atoms with E-state index >= 15 is 0 Å². The zero-order valence-corrected chi connectivity index (χ0v) is 12.2. The summed E-state index contributed by atoms with van der Waals surface area (Å²) in [5.74, 6) is 6.18. The Bertz CT molecular complexity index is 516. The number of hydrogen-bond donors (Lipinski definition) is 2. The fourth-order valence-corrected chi connectivity index (χ4v) is 1.59. The molecule has 0 saturated carbocycles. The molecule has 1 rings (SSSR count). The van der Waals surface area contributed by atoms with Gasteiger partial charge in [-0.1, -0.05) is 11.8 Å². The lowest BCUT2D eigenvalue weighted by molar-refractivity contribution is 0.0951. The number of nitrogens with one attached hydrogen (secondary N) is 1. The van der Waals surface area contributed by atoms with E-state index in [2.05, 4.69) is 17.2 Å². The minimum Gasteiger partial charge on any atom is -0.495 e. The molecule has 0 radical (unpaired) electrons. The van der Waals surface area contributed by atoms with E-state index in [-0.39, 0.29) is 12.5 Å². The average Bonchev–Trinajstić information content (AvgIpc) is 2.44. The van der Waals surface area contributed by atoms with E-state index < -0.39 is 0 Å². The first-order chi connectivity index (χ1) is 9.58. The average molecular weight is 275 g/mol. The van der Waals surface area contributed by atoms with E-state index in [1.54, 1.807) is 25.3 Å². The summed E-state index contributed by atoms with van der Waals surface area (Å²) in [5, 5.41) is 2.86. The zero-order chi connectivity index (χ0) is 15.0. The number of ether oxygens (including phenoxy) is 1. The molecule has 20 heavy (non-hydrogen) atoms. The largest absolute Gasteiger partial charge is 0.495 e. The molecule has 0 aliphatic rings. The summed E-state index contributed by atoms with van der Waals surface area (Å²) in [6, 6.07) is 5.17. The van der Waals surface area contributed by atoms with Crippen molar-refractivity contribution < 1.29 is 9.53 Å². The first-order valence-corrected chi connectivity index (χ1v) is 6.38. The third kappa shape index (κ3) is 4.92. The first-order valence-electron chi connectivity index (χ1n) is 6.38. The highest BCUT2D eigenvalue weighted by molar-refractivity contribution is 5.94. The number of carbonyl (C=O) groups excluding carboxylic acids is 1. The molecule has 108 valence electrons. The van der Waals surface area contributed by atoms with Crippen LogP contribution in [0.2, 0.25) is 0 Å². The summed E-state index contributed by atoms with van der Waals surface area (Å²) >= 11 is 0. The van der Waals surface area contributed by atoms with Gasteiger partial charge >= 0.3 is 0 Å². The molecule has 0 aliphatic heterocycles. The van der Waals surface area contributed by atoms with Crippen molar-refractivity contribution in [3.8, 4) is 17.6 Å². The maximum Gasteiger partial charge on any atom is 0.251 e. The Morgan fingerprint density at radius 3 is 2.80 bits per heavy atom. The summed E-state index contributed by atoms with van der Waals surface area (Å²) < 4.78 is 5.21. The van der Waals surface area contributed by atoms with Crippen molar-refractivity contribution in [2.75, 3.05) is 40.8 Å². The normalized spacial score (nSPS) is 9.85. The van der Waals surface area contributed by atoms with Gasteiger partial charge in [-0.25, -0.2) is 0 Å². The Balaban J connectivity index is 2.82. The zero-order valence-electron chi connectivity index (χ0n) is 12.2. The van der Waals surface area contributed by atoms with E-state index in [9.17, 15) is 4.79 Å². The van der Waals surface area contributed by atoms with Crippen LogP contribution in [0.3, 0.4) is 0 Å². The molecule has 0 atom stereocenters. The van der Waals surface area contributed by atoms with E-state index in [1.807, 2.05) is 19.0 Å². The number of hydrogen-bond acceptors (Lipinski definition) is 4. The van der Waals surface area contributed by atoms with E-state index in [0.29, 0.717) is 23.4 Å². The maximum absolute atomic E-state index is 12.0. The minimum atomic E-state index is -0.120. The highest BCUT2D eigenvalue weighted by Gasteiger charge is 2.08. The van der Waals surface area contributed by atoms with Crippen molar-refractivity contribution in [3.63, 3.8) is 0 Å². The molecule has 0 saturated heterocycles. The Kier molecular flexibility index (Phi) is 6.57. The number of amides is 1. The van der Waals surface area contributed by atoms with Crippen molar-refractivity contribution in [1.29, 1.82) is 0 Å². The molecule has 1 aromatic rings. The van der Waals surface area contributed by atoms with Gasteiger partial charge in [0.15, 0.2) is 0 Å². The van der Waals surface area contributed by atoms with Crippen molar-refractivity contribution >= 4 is 5.91 Å². The molecule has 0 spiro atoms. The van der Waals surface area contributed by atoms with E-state index in [1.165, 1.54) is 0 Å². The number of likely N-dealkylation sites (N-methyl/N-ethyl adjacent to an activating group) is 1. The number of methoxy groups -OCH3 is 1. The Hall–Kier alpha value is -2.03. The van der Waals surface area contributed by atoms with Crippen molar-refractivity contribution in [2.45, 2.75) is 0 Å². The second-order valence-electron chi connectivity index (χ2n) is 4.48. The van der Waals surface area contributed by atoms with Crippen LogP contribution in [0.1, 0.15) is 15.9 Å². The molecule has 0 bridgehead atoms. The third-order valence-electron chi connectivity index (χ3n) is 2.63. The number of carbonyl (C=O) groups is 1. The lowest BCUT2D eigenvalue weighted by Crippen LogP contribution is -2.31. The lowest BCUT2D eigenvalue weighted by Gasteiger charge is -2.11. The van der Waals surface area contributed by atoms with E-state index in [4.69, 9.17) is 10.5 Å². The van der Waals surface area contributed by atoms with Gasteiger partial charge in [0, 0.05) is 18.7 Å². The van der Waals surface area contributed by atoms with Crippen LogP contribution in [0.5, 0.6) is 5.75 Å². The maximum atomic E-state index is 12.0. The number of rotatable bonds is 5. The van der Waals surface area contributed by atoms with Crippen LogP contribution in [0, 0.1) is 11.8 Å². The van der Waals surface area contributed by atoms with Gasteiger partial charge in [-0.2, -0.15) is 0 Å². The predicted molar refractivity (Wildman–Crippen MR) is 79.8 cm³/mol. The number of nitrogens with two attached hydrogens (primary N) is 1. The van der Waals surface area contributed by atoms with Crippen molar-refractivity contribution in [3.05, 3.63) is 29.3 Å².